The molecule has 88 valence electrons. The molecule has 17 heavy (non-hydrogen) atoms. The molecular weight excluding hydrogens is 214 g/mol. The minimum Gasteiger partial charge on any atom is -0.412 e. The van der Waals surface area contributed by atoms with Gasteiger partial charge in [0.2, 0.25) is 0 Å². The number of rotatable bonds is 0. The lowest BCUT2D eigenvalue weighted by Crippen LogP contribution is -2.28. The molecule has 1 aliphatic heterocycles. The summed E-state index contributed by atoms with van der Waals surface area (Å²) in [6.45, 7) is 2.24. The quantitative estimate of drug-likeness (QED) is 0.732. The molecule has 2 bridgehead atoms. The Balaban J connectivity index is 0.000000902. The predicted octanol–water partition coefficient (Wildman–Crippen LogP) is 0.979. The highest BCUT2D eigenvalue weighted by Gasteiger charge is 2.34. The molecule has 0 radical (unpaired) electrons. The third-order valence-electron chi connectivity index (χ3n) is 3.90. The van der Waals surface area contributed by atoms with E-state index in [1.807, 2.05) is 0 Å². The SMILES string of the molecule is O.c1cnc2cc3c(cc2n1)C1CNCC3C1. The van der Waals surface area contributed by atoms with Gasteiger partial charge in [0.15, 0.2) is 0 Å². The van der Waals surface area contributed by atoms with Crippen LogP contribution in [0.15, 0.2) is 24.5 Å². The third kappa shape index (κ3) is 1.45. The summed E-state index contributed by atoms with van der Waals surface area (Å²) in [7, 11) is 0. The molecule has 1 aliphatic carbocycles. The fourth-order valence-electron chi connectivity index (χ4n) is 3.17. The first-order valence-corrected chi connectivity index (χ1v) is 5.87. The number of benzene rings is 1. The van der Waals surface area contributed by atoms with Crippen LogP contribution in [-0.2, 0) is 0 Å². The van der Waals surface area contributed by atoms with Crippen molar-refractivity contribution in [2.75, 3.05) is 13.1 Å². The van der Waals surface area contributed by atoms with E-state index >= 15 is 0 Å². The van der Waals surface area contributed by atoms with Gasteiger partial charge in [-0.05, 0) is 41.5 Å². The Kier molecular flexibility index (Phi) is 2.34. The van der Waals surface area contributed by atoms with Gasteiger partial charge >= 0.3 is 0 Å². The first-order chi connectivity index (χ1) is 7.92. The number of piperidine rings is 1. The van der Waals surface area contributed by atoms with Gasteiger partial charge in [0.1, 0.15) is 0 Å². The Morgan fingerprint density at radius 2 is 1.47 bits per heavy atom. The molecular formula is C13H15N3O. The highest BCUT2D eigenvalue weighted by Crippen LogP contribution is 2.44. The fraction of sp³-hybridized carbons (Fsp3) is 0.385. The Morgan fingerprint density at radius 3 is 2.00 bits per heavy atom. The molecule has 2 atom stereocenters. The van der Waals surface area contributed by atoms with Crippen LogP contribution in [0.2, 0.25) is 0 Å². The summed E-state index contributed by atoms with van der Waals surface area (Å²) in [4.78, 5) is 8.78. The zero-order valence-corrected chi connectivity index (χ0v) is 9.48. The lowest BCUT2D eigenvalue weighted by atomic mass is 9.98. The molecule has 2 aliphatic rings. The smallest absolute Gasteiger partial charge is 0.0889 e. The minimum absolute atomic E-state index is 0. The van der Waals surface area contributed by atoms with Crippen molar-refractivity contribution in [1.82, 2.24) is 15.3 Å². The molecule has 4 nitrogen and oxygen atoms in total. The van der Waals surface area contributed by atoms with Crippen molar-refractivity contribution in [3.05, 3.63) is 35.7 Å². The van der Waals surface area contributed by atoms with Crippen molar-refractivity contribution >= 4 is 11.0 Å². The molecule has 4 rings (SSSR count). The normalized spacial score (nSPS) is 25.4. The third-order valence-corrected chi connectivity index (χ3v) is 3.90. The van der Waals surface area contributed by atoms with Gasteiger partial charge in [-0.3, -0.25) is 9.97 Å². The van der Waals surface area contributed by atoms with E-state index in [-0.39, 0.29) is 5.48 Å². The molecule has 2 unspecified atom stereocenters. The van der Waals surface area contributed by atoms with Crippen molar-refractivity contribution in [1.29, 1.82) is 0 Å². The number of aromatic nitrogens is 2. The van der Waals surface area contributed by atoms with Crippen molar-refractivity contribution in [2.45, 2.75) is 18.3 Å². The Hall–Kier alpha value is -1.52. The molecule has 0 amide bonds. The van der Waals surface area contributed by atoms with Crippen LogP contribution in [0.3, 0.4) is 0 Å². The summed E-state index contributed by atoms with van der Waals surface area (Å²) >= 11 is 0. The van der Waals surface area contributed by atoms with Gasteiger partial charge in [0, 0.05) is 25.5 Å². The first kappa shape index (κ1) is 10.6. The van der Waals surface area contributed by atoms with E-state index in [2.05, 4.69) is 27.4 Å². The van der Waals surface area contributed by atoms with Gasteiger partial charge < -0.3 is 10.8 Å². The molecule has 2 aromatic rings. The van der Waals surface area contributed by atoms with E-state index in [0.717, 1.165) is 24.1 Å². The largest absolute Gasteiger partial charge is 0.412 e. The van der Waals surface area contributed by atoms with Gasteiger partial charge in [0.05, 0.1) is 11.0 Å². The molecule has 1 aromatic heterocycles. The van der Waals surface area contributed by atoms with E-state index in [1.165, 1.54) is 17.5 Å². The topological polar surface area (TPSA) is 69.3 Å². The fourth-order valence-corrected chi connectivity index (χ4v) is 3.17. The molecule has 1 aromatic carbocycles. The Morgan fingerprint density at radius 1 is 0.941 bits per heavy atom. The van der Waals surface area contributed by atoms with Crippen LogP contribution < -0.4 is 5.32 Å². The first-order valence-electron chi connectivity index (χ1n) is 5.87. The zero-order valence-electron chi connectivity index (χ0n) is 9.48. The molecule has 4 heteroatoms. The van der Waals surface area contributed by atoms with E-state index < -0.39 is 0 Å². The summed E-state index contributed by atoms with van der Waals surface area (Å²) in [5, 5.41) is 3.51. The highest BCUT2D eigenvalue weighted by atomic mass is 16.0. The number of hydrogen-bond acceptors (Lipinski definition) is 3. The Bertz CT molecular complexity index is 521. The molecule has 1 saturated heterocycles. The number of hydrogen-bond donors (Lipinski definition) is 1. The van der Waals surface area contributed by atoms with Gasteiger partial charge in [-0.25, -0.2) is 0 Å². The van der Waals surface area contributed by atoms with Crippen LogP contribution in [-0.4, -0.2) is 28.5 Å². The lowest BCUT2D eigenvalue weighted by Gasteiger charge is -2.19. The van der Waals surface area contributed by atoms with Crippen molar-refractivity contribution in [3.63, 3.8) is 0 Å². The molecule has 3 N–H and O–H groups in total. The van der Waals surface area contributed by atoms with Crippen LogP contribution in [0.25, 0.3) is 11.0 Å². The summed E-state index contributed by atoms with van der Waals surface area (Å²) < 4.78 is 0. The van der Waals surface area contributed by atoms with E-state index in [4.69, 9.17) is 0 Å². The highest BCUT2D eigenvalue weighted by molar-refractivity contribution is 5.77. The second-order valence-electron chi connectivity index (χ2n) is 4.81. The van der Waals surface area contributed by atoms with Crippen LogP contribution >= 0.6 is 0 Å². The second kappa shape index (κ2) is 3.75. The van der Waals surface area contributed by atoms with Crippen LogP contribution in [0.5, 0.6) is 0 Å². The van der Waals surface area contributed by atoms with E-state index in [1.54, 1.807) is 12.4 Å². The van der Waals surface area contributed by atoms with Crippen LogP contribution in [0.4, 0.5) is 0 Å². The maximum atomic E-state index is 4.39. The van der Waals surface area contributed by atoms with E-state index in [0.29, 0.717) is 11.8 Å². The van der Waals surface area contributed by atoms with Crippen molar-refractivity contribution in [2.24, 2.45) is 0 Å². The Labute approximate surface area is 99.4 Å². The number of fused-ring (bicyclic) bond motifs is 6. The van der Waals surface area contributed by atoms with E-state index in [9.17, 15) is 0 Å². The number of nitrogens with one attached hydrogen (secondary N) is 1. The maximum Gasteiger partial charge on any atom is 0.0889 e. The maximum absolute atomic E-state index is 4.39. The van der Waals surface area contributed by atoms with Crippen molar-refractivity contribution < 1.29 is 5.48 Å². The van der Waals surface area contributed by atoms with Crippen LogP contribution in [0, 0.1) is 0 Å². The van der Waals surface area contributed by atoms with Crippen LogP contribution in [0.1, 0.15) is 29.4 Å². The minimum atomic E-state index is 0. The summed E-state index contributed by atoms with van der Waals surface area (Å²) in [5.74, 6) is 1.39. The van der Waals surface area contributed by atoms with Gasteiger partial charge in [-0.15, -0.1) is 0 Å². The summed E-state index contributed by atoms with van der Waals surface area (Å²) in [5.41, 5.74) is 5.08. The molecule has 0 saturated carbocycles. The molecule has 2 heterocycles. The zero-order chi connectivity index (χ0) is 10.5. The standard InChI is InChI=1S/C13H13N3.H2O/c1-2-16-13-5-11-9-3-8(6-14-7-9)10(11)4-12(13)15-1;/h1-2,4-5,8-9,14H,3,6-7H2;1H2. The van der Waals surface area contributed by atoms with Gasteiger partial charge in [0.25, 0.3) is 0 Å². The average Bonchev–Trinajstić information content (AvgIpc) is 2.59. The molecule has 1 fully saturated rings. The predicted molar refractivity (Wildman–Crippen MR) is 66.1 cm³/mol. The second-order valence-corrected chi connectivity index (χ2v) is 4.81. The summed E-state index contributed by atoms with van der Waals surface area (Å²) in [6.07, 6.45) is 4.85. The monoisotopic (exact) mass is 229 g/mol. The average molecular weight is 229 g/mol. The van der Waals surface area contributed by atoms with Gasteiger partial charge in [-0.2, -0.15) is 0 Å². The van der Waals surface area contributed by atoms with Gasteiger partial charge in [-0.1, -0.05) is 0 Å². The van der Waals surface area contributed by atoms with Crippen molar-refractivity contribution in [3.8, 4) is 0 Å². The summed E-state index contributed by atoms with van der Waals surface area (Å²) in [6, 6.07) is 4.49. The molecule has 0 spiro atoms. The lowest BCUT2D eigenvalue weighted by molar-refractivity contribution is 0.454. The number of nitrogens with zero attached hydrogens (tertiary/aromatic N) is 2.